The van der Waals surface area contributed by atoms with E-state index in [1.165, 1.54) is 11.1 Å². The number of fused-ring (bicyclic) bond motifs is 1. The lowest BCUT2D eigenvalue weighted by molar-refractivity contribution is 0.382. The van der Waals surface area contributed by atoms with Crippen LogP contribution in [0, 0.1) is 0 Å². The Morgan fingerprint density at radius 3 is 3.05 bits per heavy atom. The maximum atomic E-state index is 5.35. The van der Waals surface area contributed by atoms with Crippen molar-refractivity contribution in [1.82, 2.24) is 15.3 Å². The first-order chi connectivity index (χ1) is 10.4. The maximum absolute atomic E-state index is 5.35. The third-order valence-electron chi connectivity index (χ3n) is 3.56. The summed E-state index contributed by atoms with van der Waals surface area (Å²) in [4.78, 5) is 4.42. The van der Waals surface area contributed by atoms with E-state index in [0.717, 1.165) is 24.2 Å². The zero-order chi connectivity index (χ0) is 14.1. The van der Waals surface area contributed by atoms with Crippen LogP contribution in [-0.4, -0.2) is 15.3 Å². The van der Waals surface area contributed by atoms with Gasteiger partial charge in [-0.15, -0.1) is 0 Å². The number of allylic oxidation sites excluding steroid dienone is 1. The molecule has 0 aliphatic heterocycles. The number of nitrogens with zero attached hydrogens (tertiary/aromatic N) is 3. The Labute approximate surface area is 121 Å². The first-order valence-electron chi connectivity index (χ1n) is 6.90. The number of hydrogen-bond donors (Lipinski definition) is 0. The Balaban J connectivity index is 1.62. The van der Waals surface area contributed by atoms with E-state index in [-0.39, 0.29) is 0 Å². The molecule has 104 valence electrons. The first-order valence-corrected chi connectivity index (χ1v) is 6.90. The van der Waals surface area contributed by atoms with Crippen LogP contribution in [0.1, 0.15) is 29.1 Å². The van der Waals surface area contributed by atoms with Crippen molar-refractivity contribution < 1.29 is 9.05 Å². The molecule has 0 atom stereocenters. The maximum Gasteiger partial charge on any atom is 0.257 e. The van der Waals surface area contributed by atoms with Gasteiger partial charge in [-0.05, 0) is 36.1 Å². The quantitative estimate of drug-likeness (QED) is 0.736. The van der Waals surface area contributed by atoms with E-state index in [2.05, 4.69) is 39.6 Å². The lowest BCUT2D eigenvalue weighted by Crippen LogP contribution is -1.94. The van der Waals surface area contributed by atoms with E-state index >= 15 is 0 Å². The topological polar surface area (TPSA) is 65.0 Å². The minimum Gasteiger partial charge on any atom is -0.361 e. The molecule has 5 heteroatoms. The summed E-state index contributed by atoms with van der Waals surface area (Å²) >= 11 is 0. The molecule has 0 spiro atoms. The molecule has 1 aliphatic rings. The molecule has 21 heavy (non-hydrogen) atoms. The molecule has 0 bridgehead atoms. The Morgan fingerprint density at radius 1 is 1.14 bits per heavy atom. The lowest BCUT2D eigenvalue weighted by atomic mass is 9.95. The molecular formula is C16H13N3O2. The third-order valence-corrected chi connectivity index (χ3v) is 3.56. The average Bonchev–Trinajstić information content (AvgIpc) is 3.19. The summed E-state index contributed by atoms with van der Waals surface area (Å²) in [6.07, 6.45) is 8.58. The highest BCUT2D eigenvalue weighted by molar-refractivity contribution is 5.63. The fraction of sp³-hybridized carbons (Fsp3) is 0.188. The summed E-state index contributed by atoms with van der Waals surface area (Å²) < 4.78 is 10.4. The Morgan fingerprint density at radius 2 is 2.14 bits per heavy atom. The summed E-state index contributed by atoms with van der Waals surface area (Å²) in [5.41, 5.74) is 3.55. The van der Waals surface area contributed by atoms with Crippen LogP contribution in [0.4, 0.5) is 0 Å². The van der Waals surface area contributed by atoms with Crippen LogP contribution in [0.2, 0.25) is 0 Å². The van der Waals surface area contributed by atoms with Gasteiger partial charge in [0.2, 0.25) is 0 Å². The highest BCUT2D eigenvalue weighted by atomic mass is 16.5. The van der Waals surface area contributed by atoms with Crippen molar-refractivity contribution in [1.29, 1.82) is 0 Å². The second kappa shape index (κ2) is 5.01. The van der Waals surface area contributed by atoms with Crippen LogP contribution in [0.25, 0.3) is 17.5 Å². The number of rotatable bonds is 3. The molecule has 0 radical (unpaired) electrons. The fourth-order valence-electron chi connectivity index (χ4n) is 2.50. The van der Waals surface area contributed by atoms with Crippen molar-refractivity contribution in [3.05, 3.63) is 59.2 Å². The Kier molecular flexibility index (Phi) is 2.88. The molecule has 1 aliphatic carbocycles. The van der Waals surface area contributed by atoms with Crippen molar-refractivity contribution >= 4 is 6.08 Å². The molecule has 0 fully saturated rings. The largest absolute Gasteiger partial charge is 0.361 e. The molecule has 0 N–H and O–H groups in total. The van der Waals surface area contributed by atoms with Gasteiger partial charge in [0.05, 0.1) is 12.6 Å². The van der Waals surface area contributed by atoms with Gasteiger partial charge in [0.15, 0.2) is 5.82 Å². The van der Waals surface area contributed by atoms with Crippen molar-refractivity contribution in [3.63, 3.8) is 0 Å². The van der Waals surface area contributed by atoms with Gasteiger partial charge >= 0.3 is 0 Å². The predicted molar refractivity (Wildman–Crippen MR) is 76.4 cm³/mol. The number of aromatic nitrogens is 3. The number of benzene rings is 1. The van der Waals surface area contributed by atoms with Gasteiger partial charge in [0.1, 0.15) is 5.76 Å². The molecule has 0 unspecified atom stereocenters. The van der Waals surface area contributed by atoms with Crippen LogP contribution in [-0.2, 0) is 12.8 Å². The molecule has 5 nitrogen and oxygen atoms in total. The SMILES string of the molecule is C1=Cc2ccc(-c3nc(Cc4ccno4)no3)cc2CC1. The van der Waals surface area contributed by atoms with Crippen LogP contribution in [0.15, 0.2) is 45.6 Å². The van der Waals surface area contributed by atoms with Gasteiger partial charge in [-0.3, -0.25) is 0 Å². The van der Waals surface area contributed by atoms with E-state index in [1.54, 1.807) is 12.3 Å². The Hall–Kier alpha value is -2.69. The van der Waals surface area contributed by atoms with E-state index in [4.69, 9.17) is 9.05 Å². The minimum absolute atomic E-state index is 0.483. The molecular weight excluding hydrogens is 266 g/mol. The summed E-state index contributed by atoms with van der Waals surface area (Å²) in [6, 6.07) is 8.03. The van der Waals surface area contributed by atoms with Crippen LogP contribution < -0.4 is 0 Å². The monoisotopic (exact) mass is 279 g/mol. The van der Waals surface area contributed by atoms with Crippen LogP contribution in [0.5, 0.6) is 0 Å². The zero-order valence-electron chi connectivity index (χ0n) is 11.3. The fourth-order valence-corrected chi connectivity index (χ4v) is 2.50. The highest BCUT2D eigenvalue weighted by Crippen LogP contribution is 2.25. The molecule has 0 amide bonds. The minimum atomic E-state index is 0.483. The highest BCUT2D eigenvalue weighted by Gasteiger charge is 2.13. The predicted octanol–water partition coefficient (Wildman–Crippen LogP) is 3.27. The first kappa shape index (κ1) is 12.1. The smallest absolute Gasteiger partial charge is 0.257 e. The summed E-state index contributed by atoms with van der Waals surface area (Å²) in [6.45, 7) is 0. The molecule has 0 saturated carbocycles. The second-order valence-electron chi connectivity index (χ2n) is 5.03. The summed E-state index contributed by atoms with van der Waals surface area (Å²) in [7, 11) is 0. The third kappa shape index (κ3) is 2.38. The van der Waals surface area contributed by atoms with Crippen LogP contribution in [0.3, 0.4) is 0 Å². The van der Waals surface area contributed by atoms with E-state index in [1.807, 2.05) is 6.07 Å². The lowest BCUT2D eigenvalue weighted by Gasteiger charge is -2.10. The van der Waals surface area contributed by atoms with E-state index in [9.17, 15) is 0 Å². The van der Waals surface area contributed by atoms with Gasteiger partial charge in [-0.2, -0.15) is 4.98 Å². The molecule has 0 saturated heterocycles. The van der Waals surface area contributed by atoms with Crippen molar-refractivity contribution in [3.8, 4) is 11.5 Å². The number of aryl methyl sites for hydroxylation is 1. The second-order valence-corrected chi connectivity index (χ2v) is 5.03. The normalized spacial score (nSPS) is 13.3. The molecule has 3 aromatic rings. The average molecular weight is 279 g/mol. The van der Waals surface area contributed by atoms with E-state index < -0.39 is 0 Å². The van der Waals surface area contributed by atoms with Gasteiger partial charge in [0.25, 0.3) is 5.89 Å². The standard InChI is InChI=1S/C16H13N3O2/c1-2-4-12-9-13(6-5-11(12)3-1)16-18-15(19-21-16)10-14-7-8-17-20-14/h1,3,5-9H,2,4,10H2. The van der Waals surface area contributed by atoms with Crippen LogP contribution >= 0.6 is 0 Å². The van der Waals surface area contributed by atoms with Gasteiger partial charge in [0, 0.05) is 11.6 Å². The van der Waals surface area contributed by atoms with Gasteiger partial charge in [-0.1, -0.05) is 28.5 Å². The summed E-state index contributed by atoms with van der Waals surface area (Å²) in [5.74, 6) is 1.86. The van der Waals surface area contributed by atoms with Crippen molar-refractivity contribution in [2.24, 2.45) is 0 Å². The van der Waals surface area contributed by atoms with E-state index in [0.29, 0.717) is 18.1 Å². The molecule has 2 aromatic heterocycles. The van der Waals surface area contributed by atoms with Crippen molar-refractivity contribution in [2.45, 2.75) is 19.3 Å². The van der Waals surface area contributed by atoms with Gasteiger partial charge in [-0.25, -0.2) is 0 Å². The Bertz CT molecular complexity index is 788. The molecule has 2 heterocycles. The van der Waals surface area contributed by atoms with Gasteiger partial charge < -0.3 is 9.05 Å². The van der Waals surface area contributed by atoms with Crippen molar-refractivity contribution in [2.75, 3.05) is 0 Å². The molecule has 1 aromatic carbocycles. The summed E-state index contributed by atoms with van der Waals surface area (Å²) in [5, 5.41) is 7.66. The zero-order valence-corrected chi connectivity index (χ0v) is 11.3. The molecule has 4 rings (SSSR count). The number of hydrogen-bond acceptors (Lipinski definition) is 5.